The van der Waals surface area contributed by atoms with E-state index in [1.807, 2.05) is 0 Å². The molecule has 7 nitrogen and oxygen atoms in total. The van der Waals surface area contributed by atoms with Crippen LogP contribution in [-0.4, -0.2) is 23.6 Å². The Morgan fingerprint density at radius 1 is 0.533 bits per heavy atom. The number of carbonyl (C=O) groups is 3. The van der Waals surface area contributed by atoms with Crippen molar-refractivity contribution in [2.45, 2.75) is 5.71 Å². The number of carbonyl (C=O) groups excluding carboxylic acids is 3. The molecule has 8 heteroatoms. The molecule has 0 radical (unpaired) electrons. The third-order valence-electron chi connectivity index (χ3n) is 3.88. The van der Waals surface area contributed by atoms with Gasteiger partial charge < -0.3 is 18.8 Å². The number of hydrogen-bond donors (Lipinski definition) is 0. The summed E-state index contributed by atoms with van der Waals surface area (Å²) >= 11 is 0. The van der Waals surface area contributed by atoms with Gasteiger partial charge in [-0.15, -0.1) is 0 Å². The van der Waals surface area contributed by atoms with Gasteiger partial charge in [0, 0.05) is 0 Å². The highest BCUT2D eigenvalue weighted by Gasteiger charge is 2.44. The lowest BCUT2D eigenvalue weighted by molar-refractivity contribution is -0.236. The van der Waals surface area contributed by atoms with Crippen molar-refractivity contribution in [1.82, 2.24) is 0 Å². The molecule has 0 fully saturated rings. The number of benzene rings is 3. The van der Waals surface area contributed by atoms with E-state index in [1.165, 1.54) is 36.4 Å². The zero-order chi connectivity index (χ0) is 21.4. The van der Waals surface area contributed by atoms with Gasteiger partial charge in [-0.3, -0.25) is 0 Å². The molecule has 3 aromatic carbocycles. The Labute approximate surface area is 173 Å². The Balaban J connectivity index is 1.91. The lowest BCUT2D eigenvalue weighted by Crippen LogP contribution is -2.39. The quantitative estimate of drug-likeness (QED) is 0.322. The highest BCUT2D eigenvalue weighted by molar-refractivity contribution is 7.25. The van der Waals surface area contributed by atoms with Gasteiger partial charge in [-0.1, -0.05) is 54.6 Å². The molecule has 3 aromatic rings. The normalized spacial score (nSPS) is 11.1. The topological polar surface area (TPSA) is 96.0 Å². The van der Waals surface area contributed by atoms with Crippen molar-refractivity contribution in [3.8, 4) is 0 Å². The molecule has 0 amide bonds. The van der Waals surface area contributed by atoms with Crippen molar-refractivity contribution in [3.05, 3.63) is 108 Å². The van der Waals surface area contributed by atoms with E-state index in [9.17, 15) is 18.9 Å². The fourth-order valence-corrected chi connectivity index (χ4v) is 2.89. The Morgan fingerprint density at radius 3 is 1.03 bits per heavy atom. The predicted molar refractivity (Wildman–Crippen MR) is 109 cm³/mol. The summed E-state index contributed by atoms with van der Waals surface area (Å²) in [7, 11) is -2.22. The largest absolute Gasteiger partial charge is 0.471 e. The molecule has 0 heterocycles. The first-order valence-corrected chi connectivity index (χ1v) is 9.89. The SMILES string of the molecule is O=[PH2]C(OC(=O)c1ccccc1)(OC(=O)c1ccccc1)OC(=O)c1ccccc1. The first-order valence-electron chi connectivity index (χ1n) is 8.84. The average Bonchev–Trinajstić information content (AvgIpc) is 2.80. The van der Waals surface area contributed by atoms with Crippen LogP contribution in [0.2, 0.25) is 0 Å². The maximum Gasteiger partial charge on any atom is 0.471 e. The van der Waals surface area contributed by atoms with Crippen molar-refractivity contribution >= 4 is 26.4 Å². The molecular weight excluding hydrogens is 407 g/mol. The van der Waals surface area contributed by atoms with Crippen LogP contribution in [0, 0.1) is 0 Å². The first-order chi connectivity index (χ1) is 14.5. The summed E-state index contributed by atoms with van der Waals surface area (Å²) in [5, 5.41) is 0. The lowest BCUT2D eigenvalue weighted by Gasteiger charge is -2.27. The van der Waals surface area contributed by atoms with Gasteiger partial charge in [0.05, 0.1) is 16.7 Å². The van der Waals surface area contributed by atoms with Crippen LogP contribution in [-0.2, 0) is 18.8 Å². The second-order valence-corrected chi connectivity index (χ2v) is 6.93. The molecule has 0 bridgehead atoms. The molecule has 1 unspecified atom stereocenters. The van der Waals surface area contributed by atoms with Crippen molar-refractivity contribution in [1.29, 1.82) is 0 Å². The number of ether oxygens (including phenoxy) is 3. The number of rotatable bonds is 7. The number of esters is 3. The summed E-state index contributed by atoms with van der Waals surface area (Å²) in [5.41, 5.74) is -2.41. The third kappa shape index (κ3) is 5.21. The molecule has 0 aliphatic rings. The summed E-state index contributed by atoms with van der Waals surface area (Å²) in [5.74, 6) is -2.91. The minimum Gasteiger partial charge on any atom is -0.379 e. The molecule has 0 aliphatic carbocycles. The van der Waals surface area contributed by atoms with Gasteiger partial charge in [-0.25, -0.2) is 14.4 Å². The molecule has 0 N–H and O–H groups in total. The van der Waals surface area contributed by atoms with Crippen LogP contribution in [0.3, 0.4) is 0 Å². The summed E-state index contributed by atoms with van der Waals surface area (Å²) in [4.78, 5) is 37.6. The van der Waals surface area contributed by atoms with Crippen LogP contribution in [0.15, 0.2) is 91.0 Å². The fourth-order valence-electron chi connectivity index (χ4n) is 2.42. The number of hydrogen-bond acceptors (Lipinski definition) is 7. The molecular formula is C22H17O7P. The van der Waals surface area contributed by atoms with Gasteiger partial charge in [-0.05, 0) is 36.4 Å². The maximum atomic E-state index is 12.5. The van der Waals surface area contributed by atoms with E-state index in [-0.39, 0.29) is 16.7 Å². The van der Waals surface area contributed by atoms with E-state index >= 15 is 0 Å². The minimum atomic E-state index is -2.70. The van der Waals surface area contributed by atoms with Gasteiger partial charge in [0.1, 0.15) is 0 Å². The van der Waals surface area contributed by atoms with Gasteiger partial charge in [0.2, 0.25) is 0 Å². The molecule has 0 saturated heterocycles. The monoisotopic (exact) mass is 424 g/mol. The van der Waals surface area contributed by atoms with Gasteiger partial charge in [0.15, 0.2) is 8.46 Å². The molecule has 152 valence electrons. The van der Waals surface area contributed by atoms with Gasteiger partial charge in [-0.2, -0.15) is 0 Å². The van der Waals surface area contributed by atoms with E-state index < -0.39 is 32.1 Å². The second-order valence-electron chi connectivity index (χ2n) is 5.99. The fraction of sp³-hybridized carbons (Fsp3) is 0.0455. The summed E-state index contributed by atoms with van der Waals surface area (Å²) in [6.07, 6.45) is 0. The van der Waals surface area contributed by atoms with Gasteiger partial charge in [0.25, 0.3) is 0 Å². The maximum absolute atomic E-state index is 12.5. The van der Waals surface area contributed by atoms with Crippen LogP contribution >= 0.6 is 8.46 Å². The van der Waals surface area contributed by atoms with E-state index in [0.717, 1.165) is 0 Å². The minimum absolute atomic E-state index is 0.0984. The summed E-state index contributed by atoms with van der Waals surface area (Å²) in [6, 6.07) is 23.3. The predicted octanol–water partition coefficient (Wildman–Crippen LogP) is 3.93. The van der Waals surface area contributed by atoms with E-state index in [4.69, 9.17) is 14.2 Å². The Hall–Kier alpha value is -3.70. The van der Waals surface area contributed by atoms with Crippen LogP contribution in [0.5, 0.6) is 0 Å². The van der Waals surface area contributed by atoms with Gasteiger partial charge >= 0.3 is 23.6 Å². The van der Waals surface area contributed by atoms with Crippen LogP contribution in [0.25, 0.3) is 0 Å². The smallest absolute Gasteiger partial charge is 0.379 e. The van der Waals surface area contributed by atoms with Crippen LogP contribution in [0.4, 0.5) is 0 Å². The molecule has 0 saturated carbocycles. The van der Waals surface area contributed by atoms with E-state index in [0.29, 0.717) is 0 Å². The van der Waals surface area contributed by atoms with E-state index in [2.05, 4.69) is 0 Å². The Kier molecular flexibility index (Phi) is 6.78. The highest BCUT2D eigenvalue weighted by Crippen LogP contribution is 2.32. The zero-order valence-corrected chi connectivity index (χ0v) is 16.8. The summed E-state index contributed by atoms with van der Waals surface area (Å²) in [6.45, 7) is 0. The molecule has 0 aromatic heterocycles. The lowest BCUT2D eigenvalue weighted by atomic mass is 10.2. The molecule has 3 rings (SSSR count). The molecule has 1 atom stereocenters. The second kappa shape index (κ2) is 9.67. The average molecular weight is 424 g/mol. The molecule has 0 spiro atoms. The highest BCUT2D eigenvalue weighted by atomic mass is 31.1. The molecule has 30 heavy (non-hydrogen) atoms. The van der Waals surface area contributed by atoms with Crippen molar-refractivity contribution in [2.24, 2.45) is 0 Å². The van der Waals surface area contributed by atoms with Crippen molar-refractivity contribution < 1.29 is 33.2 Å². The van der Waals surface area contributed by atoms with E-state index in [1.54, 1.807) is 54.6 Å². The zero-order valence-electron chi connectivity index (χ0n) is 15.6. The molecule has 0 aliphatic heterocycles. The standard InChI is InChI=1S/C22H17O7P/c23-19(16-10-4-1-5-11-16)27-22(30-26,28-20(24)17-12-6-2-7-13-17)29-21(25)18-14-8-3-9-15-18/h1-15H,30H2. The first kappa shape index (κ1) is 21.0. The third-order valence-corrected chi connectivity index (χ3v) is 4.52. The van der Waals surface area contributed by atoms with Crippen molar-refractivity contribution in [3.63, 3.8) is 0 Å². The Morgan fingerprint density at radius 2 is 0.800 bits per heavy atom. The van der Waals surface area contributed by atoms with Crippen molar-refractivity contribution in [2.75, 3.05) is 0 Å². The van der Waals surface area contributed by atoms with Crippen LogP contribution < -0.4 is 0 Å². The Bertz CT molecular complexity index is 907. The van der Waals surface area contributed by atoms with Crippen LogP contribution in [0.1, 0.15) is 31.1 Å². The summed E-state index contributed by atoms with van der Waals surface area (Å²) < 4.78 is 27.6.